The Balaban J connectivity index is 1.81. The Morgan fingerprint density at radius 3 is 2.28 bits per heavy atom. The number of ether oxygens (including phenoxy) is 1. The van der Waals surface area contributed by atoms with Gasteiger partial charge in [0.1, 0.15) is 0 Å². The van der Waals surface area contributed by atoms with Gasteiger partial charge in [-0.1, -0.05) is 26.7 Å². The molecule has 1 fully saturated rings. The van der Waals surface area contributed by atoms with Crippen LogP contribution in [0.25, 0.3) is 0 Å². The Kier molecular flexibility index (Phi) is 8.64. The number of benzene rings is 1. The molecule has 1 atom stereocenters. The molecule has 0 radical (unpaired) electrons. The molecule has 0 unspecified atom stereocenters. The third-order valence-corrected chi connectivity index (χ3v) is 6.87. The minimum Gasteiger partial charge on any atom is -0.452 e. The molecule has 8 heteroatoms. The summed E-state index contributed by atoms with van der Waals surface area (Å²) in [5.41, 5.74) is 0.211. The first kappa shape index (κ1) is 23.3. The zero-order valence-corrected chi connectivity index (χ0v) is 18.3. The molecule has 0 spiro atoms. The van der Waals surface area contributed by atoms with Crippen LogP contribution in [0.1, 0.15) is 63.2 Å². The Bertz CT molecular complexity index is 784. The van der Waals surface area contributed by atoms with Crippen LogP contribution in [0.5, 0.6) is 0 Å². The molecule has 0 saturated carbocycles. The second-order valence-corrected chi connectivity index (χ2v) is 9.94. The molecule has 1 aliphatic heterocycles. The zero-order chi connectivity index (χ0) is 21.4. The Hall–Kier alpha value is -1.93. The summed E-state index contributed by atoms with van der Waals surface area (Å²) >= 11 is 0. The number of amides is 1. The quantitative estimate of drug-likeness (QED) is 0.583. The Morgan fingerprint density at radius 1 is 1.07 bits per heavy atom. The maximum atomic E-state index is 12.5. The van der Waals surface area contributed by atoms with E-state index in [2.05, 4.69) is 19.2 Å². The van der Waals surface area contributed by atoms with Crippen LogP contribution >= 0.6 is 0 Å². The van der Waals surface area contributed by atoms with Crippen molar-refractivity contribution in [1.82, 2.24) is 9.62 Å². The maximum Gasteiger partial charge on any atom is 0.338 e. The molecular formula is C21H32N2O5S. The molecule has 1 saturated heterocycles. The van der Waals surface area contributed by atoms with Gasteiger partial charge in [0.05, 0.1) is 10.5 Å². The van der Waals surface area contributed by atoms with Crippen molar-refractivity contribution in [2.24, 2.45) is 5.92 Å². The zero-order valence-electron chi connectivity index (χ0n) is 17.5. The molecule has 0 bridgehead atoms. The highest BCUT2D eigenvalue weighted by molar-refractivity contribution is 7.89. The predicted molar refractivity (Wildman–Crippen MR) is 111 cm³/mol. The van der Waals surface area contributed by atoms with E-state index in [-0.39, 0.29) is 29.0 Å². The number of sulfonamides is 1. The molecule has 1 aliphatic rings. The summed E-state index contributed by atoms with van der Waals surface area (Å²) in [7, 11) is -3.52. The first-order valence-electron chi connectivity index (χ1n) is 10.3. The van der Waals surface area contributed by atoms with Gasteiger partial charge in [-0.3, -0.25) is 4.79 Å². The van der Waals surface area contributed by atoms with Crippen molar-refractivity contribution in [2.45, 2.75) is 63.8 Å². The highest BCUT2D eigenvalue weighted by Crippen LogP contribution is 2.21. The molecule has 1 amide bonds. The fraction of sp³-hybridized carbons (Fsp3) is 0.619. The molecular weight excluding hydrogens is 392 g/mol. The summed E-state index contributed by atoms with van der Waals surface area (Å²) in [4.78, 5) is 24.2. The van der Waals surface area contributed by atoms with E-state index in [1.54, 1.807) is 0 Å². The number of nitrogens with one attached hydrogen (secondary N) is 1. The molecule has 0 aromatic heterocycles. The molecule has 1 heterocycles. The highest BCUT2D eigenvalue weighted by Gasteiger charge is 2.27. The second-order valence-electron chi connectivity index (χ2n) is 8.01. The van der Waals surface area contributed by atoms with Crippen LogP contribution < -0.4 is 5.32 Å². The minimum atomic E-state index is -3.52. The summed E-state index contributed by atoms with van der Waals surface area (Å²) in [5.74, 6) is -0.364. The van der Waals surface area contributed by atoms with Crippen molar-refractivity contribution in [3.63, 3.8) is 0 Å². The van der Waals surface area contributed by atoms with E-state index in [9.17, 15) is 18.0 Å². The lowest BCUT2D eigenvalue weighted by Crippen LogP contribution is -2.35. The summed E-state index contributed by atoms with van der Waals surface area (Å²) < 4.78 is 31.5. The van der Waals surface area contributed by atoms with E-state index in [1.807, 2.05) is 6.92 Å². The number of carbonyl (C=O) groups is 2. The average molecular weight is 425 g/mol. The topological polar surface area (TPSA) is 92.8 Å². The van der Waals surface area contributed by atoms with Crippen molar-refractivity contribution < 1.29 is 22.7 Å². The standard InChI is InChI=1S/C21H32N2O5S/c1-16(2)7-6-8-17(3)22-20(24)15-28-21(25)18-9-11-19(12-10-18)29(26,27)23-13-4-5-14-23/h9-12,16-17H,4-8,13-15H2,1-3H3,(H,22,24)/t17-/m0/s1. The van der Waals surface area contributed by atoms with Crippen LogP contribution in [0.4, 0.5) is 0 Å². The van der Waals surface area contributed by atoms with Crippen molar-refractivity contribution in [3.05, 3.63) is 29.8 Å². The molecule has 7 nitrogen and oxygen atoms in total. The van der Waals surface area contributed by atoms with E-state index in [4.69, 9.17) is 4.74 Å². The van der Waals surface area contributed by atoms with Crippen LogP contribution in [0.15, 0.2) is 29.2 Å². The largest absolute Gasteiger partial charge is 0.452 e. The lowest BCUT2D eigenvalue weighted by Gasteiger charge is -2.16. The number of hydrogen-bond acceptors (Lipinski definition) is 5. The van der Waals surface area contributed by atoms with Gasteiger partial charge < -0.3 is 10.1 Å². The molecule has 1 N–H and O–H groups in total. The first-order valence-corrected chi connectivity index (χ1v) is 11.7. The predicted octanol–water partition coefficient (Wildman–Crippen LogP) is 2.96. The van der Waals surface area contributed by atoms with Gasteiger partial charge in [0.25, 0.3) is 5.91 Å². The number of carbonyl (C=O) groups excluding carboxylic acids is 2. The lowest BCUT2D eigenvalue weighted by molar-refractivity contribution is -0.124. The van der Waals surface area contributed by atoms with Gasteiger partial charge in [-0.15, -0.1) is 0 Å². The van der Waals surface area contributed by atoms with Crippen LogP contribution in [0, 0.1) is 5.92 Å². The van der Waals surface area contributed by atoms with Gasteiger partial charge >= 0.3 is 5.97 Å². The SMILES string of the molecule is CC(C)CCC[C@H](C)NC(=O)COC(=O)c1ccc(S(=O)(=O)N2CCCC2)cc1. The molecule has 1 aromatic carbocycles. The summed E-state index contributed by atoms with van der Waals surface area (Å²) in [6, 6.07) is 5.66. The van der Waals surface area contributed by atoms with Crippen molar-refractivity contribution in [3.8, 4) is 0 Å². The normalized spacial score (nSPS) is 16.0. The third-order valence-electron chi connectivity index (χ3n) is 4.95. The van der Waals surface area contributed by atoms with Crippen LogP contribution in [-0.4, -0.2) is 50.3 Å². The summed E-state index contributed by atoms with van der Waals surface area (Å²) in [6.45, 7) is 6.95. The first-order chi connectivity index (χ1) is 13.7. The van der Waals surface area contributed by atoms with Crippen LogP contribution in [0.3, 0.4) is 0 Å². The molecule has 162 valence electrons. The second kappa shape index (κ2) is 10.7. The van der Waals surface area contributed by atoms with E-state index < -0.39 is 16.0 Å². The Morgan fingerprint density at radius 2 is 1.69 bits per heavy atom. The average Bonchev–Trinajstić information content (AvgIpc) is 3.21. The van der Waals surface area contributed by atoms with Crippen molar-refractivity contribution in [2.75, 3.05) is 19.7 Å². The van der Waals surface area contributed by atoms with Gasteiger partial charge in [0, 0.05) is 19.1 Å². The van der Waals surface area contributed by atoms with Gasteiger partial charge in [-0.05, 0) is 56.4 Å². The molecule has 2 rings (SSSR count). The monoisotopic (exact) mass is 424 g/mol. The van der Waals surface area contributed by atoms with E-state index in [1.165, 1.54) is 28.6 Å². The molecule has 0 aliphatic carbocycles. The summed E-state index contributed by atoms with van der Waals surface area (Å²) in [6.07, 6.45) is 4.75. The van der Waals surface area contributed by atoms with Crippen LogP contribution in [0.2, 0.25) is 0 Å². The number of esters is 1. The fourth-order valence-corrected chi connectivity index (χ4v) is 4.79. The van der Waals surface area contributed by atoms with E-state index >= 15 is 0 Å². The smallest absolute Gasteiger partial charge is 0.338 e. The molecule has 29 heavy (non-hydrogen) atoms. The highest BCUT2D eigenvalue weighted by atomic mass is 32.2. The van der Waals surface area contributed by atoms with Gasteiger partial charge in [0.2, 0.25) is 10.0 Å². The van der Waals surface area contributed by atoms with E-state index in [0.717, 1.165) is 32.1 Å². The van der Waals surface area contributed by atoms with Crippen molar-refractivity contribution in [1.29, 1.82) is 0 Å². The van der Waals surface area contributed by atoms with Crippen LogP contribution in [-0.2, 0) is 19.6 Å². The lowest BCUT2D eigenvalue weighted by atomic mass is 10.0. The number of hydrogen-bond donors (Lipinski definition) is 1. The third kappa shape index (κ3) is 7.12. The number of rotatable bonds is 10. The number of nitrogens with zero attached hydrogens (tertiary/aromatic N) is 1. The van der Waals surface area contributed by atoms with E-state index in [0.29, 0.717) is 19.0 Å². The fourth-order valence-electron chi connectivity index (χ4n) is 3.28. The minimum absolute atomic E-state index is 0.0232. The van der Waals surface area contributed by atoms with Crippen molar-refractivity contribution >= 4 is 21.9 Å². The maximum absolute atomic E-state index is 12.5. The Labute approximate surface area is 173 Å². The van der Waals surface area contributed by atoms with Gasteiger partial charge in [0.15, 0.2) is 6.61 Å². The van der Waals surface area contributed by atoms with Gasteiger partial charge in [-0.2, -0.15) is 4.31 Å². The van der Waals surface area contributed by atoms with Gasteiger partial charge in [-0.25, -0.2) is 13.2 Å². The summed E-state index contributed by atoms with van der Waals surface area (Å²) in [5, 5.41) is 2.82. The molecule has 1 aromatic rings.